The molecule has 0 bridgehead atoms. The maximum Gasteiger partial charge on any atom is 0.459 e. The summed E-state index contributed by atoms with van der Waals surface area (Å²) in [5.74, 6) is -5.50. The highest BCUT2D eigenvalue weighted by atomic mass is 19.4. The van der Waals surface area contributed by atoms with Gasteiger partial charge in [0.15, 0.2) is 5.69 Å². The van der Waals surface area contributed by atoms with Gasteiger partial charge in [0, 0.05) is 6.54 Å². The summed E-state index contributed by atoms with van der Waals surface area (Å²) in [6, 6.07) is 0. The van der Waals surface area contributed by atoms with Crippen molar-refractivity contribution in [3.05, 3.63) is 11.4 Å². The summed E-state index contributed by atoms with van der Waals surface area (Å²) in [5.41, 5.74) is -1.42. The summed E-state index contributed by atoms with van der Waals surface area (Å²) < 4.78 is 65.7. The zero-order chi connectivity index (χ0) is 16.3. The van der Waals surface area contributed by atoms with Crippen molar-refractivity contribution in [3.63, 3.8) is 0 Å². The maximum atomic E-state index is 13.5. The van der Waals surface area contributed by atoms with E-state index < -0.39 is 23.7 Å². The Bertz CT molecular complexity index is 451. The highest BCUT2D eigenvalue weighted by Crippen LogP contribution is 2.45. The van der Waals surface area contributed by atoms with E-state index in [9.17, 15) is 22.0 Å². The van der Waals surface area contributed by atoms with Crippen LogP contribution in [0.3, 0.4) is 0 Å². The number of hydrogen-bond acceptors (Lipinski definition) is 2. The summed E-state index contributed by atoms with van der Waals surface area (Å²) >= 11 is 0. The lowest BCUT2D eigenvalue weighted by Crippen LogP contribution is -2.35. The summed E-state index contributed by atoms with van der Waals surface area (Å²) in [5, 5.41) is 6.62. The van der Waals surface area contributed by atoms with E-state index in [1.54, 1.807) is 13.8 Å². The molecule has 21 heavy (non-hydrogen) atoms. The molecule has 0 saturated carbocycles. The first-order valence-corrected chi connectivity index (χ1v) is 7.01. The summed E-state index contributed by atoms with van der Waals surface area (Å²) in [4.78, 5) is 0. The second-order valence-corrected chi connectivity index (χ2v) is 5.33. The highest BCUT2D eigenvalue weighted by Gasteiger charge is 2.62. The summed E-state index contributed by atoms with van der Waals surface area (Å²) in [7, 11) is 0. The molecule has 0 aliphatic carbocycles. The molecule has 0 N–H and O–H groups in total. The number of halogens is 5. The van der Waals surface area contributed by atoms with Crippen molar-refractivity contribution in [2.45, 2.75) is 71.0 Å². The monoisotopic (exact) mass is 313 g/mol. The minimum Gasteiger partial charge on any atom is -0.249 e. The van der Waals surface area contributed by atoms with Gasteiger partial charge in [-0.2, -0.15) is 22.0 Å². The summed E-state index contributed by atoms with van der Waals surface area (Å²) in [6.45, 7) is 5.43. The number of hydrogen-bond donors (Lipinski definition) is 0. The Kier molecular flexibility index (Phi) is 5.69. The molecule has 0 unspecified atom stereocenters. The minimum atomic E-state index is -5.67. The highest BCUT2D eigenvalue weighted by molar-refractivity contribution is 5.21. The van der Waals surface area contributed by atoms with Crippen molar-refractivity contribution < 1.29 is 22.0 Å². The fourth-order valence-electron chi connectivity index (χ4n) is 2.10. The third kappa shape index (κ3) is 3.91. The normalized spacial score (nSPS) is 13.2. The molecule has 0 aliphatic heterocycles. The molecule has 0 aromatic carbocycles. The van der Waals surface area contributed by atoms with Crippen molar-refractivity contribution in [3.8, 4) is 0 Å². The van der Waals surface area contributed by atoms with E-state index in [4.69, 9.17) is 0 Å². The van der Waals surface area contributed by atoms with Gasteiger partial charge in [-0.25, -0.2) is 4.68 Å². The van der Waals surface area contributed by atoms with Gasteiger partial charge < -0.3 is 0 Å². The van der Waals surface area contributed by atoms with Crippen LogP contribution in [0.4, 0.5) is 22.0 Å². The zero-order valence-corrected chi connectivity index (χ0v) is 12.3. The van der Waals surface area contributed by atoms with E-state index in [1.165, 1.54) is 4.68 Å². The Labute approximate surface area is 120 Å². The van der Waals surface area contributed by atoms with Gasteiger partial charge in [0.05, 0.1) is 5.69 Å². The van der Waals surface area contributed by atoms with Gasteiger partial charge >= 0.3 is 12.1 Å². The predicted octanol–water partition coefficient (Wildman–Crippen LogP) is 4.64. The average molecular weight is 313 g/mol. The zero-order valence-electron chi connectivity index (χ0n) is 12.3. The van der Waals surface area contributed by atoms with Crippen LogP contribution in [0, 0.1) is 0 Å². The molecule has 0 saturated heterocycles. The Balaban J connectivity index is 3.05. The van der Waals surface area contributed by atoms with Gasteiger partial charge in [-0.1, -0.05) is 45.2 Å². The SMILES string of the molecule is CCCCCCn1nnc(C(F)(F)C(F)(F)F)c1C(C)C. The molecule has 0 spiro atoms. The van der Waals surface area contributed by atoms with Crippen LogP contribution in [0.2, 0.25) is 0 Å². The van der Waals surface area contributed by atoms with E-state index in [2.05, 4.69) is 10.3 Å². The first-order valence-electron chi connectivity index (χ1n) is 7.01. The van der Waals surface area contributed by atoms with E-state index in [0.29, 0.717) is 13.0 Å². The van der Waals surface area contributed by atoms with Crippen molar-refractivity contribution in [2.75, 3.05) is 0 Å². The average Bonchev–Trinajstić information content (AvgIpc) is 2.77. The number of aromatic nitrogens is 3. The number of unbranched alkanes of at least 4 members (excludes halogenated alkanes) is 3. The number of rotatable bonds is 7. The van der Waals surface area contributed by atoms with Crippen LogP contribution in [0.5, 0.6) is 0 Å². The molecule has 0 radical (unpaired) electrons. The van der Waals surface area contributed by atoms with Gasteiger partial charge in [0.2, 0.25) is 0 Å². The lowest BCUT2D eigenvalue weighted by atomic mass is 10.0. The second kappa shape index (κ2) is 6.70. The molecule has 1 aromatic rings. The molecule has 0 amide bonds. The molecule has 0 aliphatic rings. The van der Waals surface area contributed by atoms with Gasteiger partial charge in [0.1, 0.15) is 0 Å². The lowest BCUT2D eigenvalue weighted by molar-refractivity contribution is -0.291. The third-order valence-electron chi connectivity index (χ3n) is 3.20. The Hall–Kier alpha value is -1.21. The first kappa shape index (κ1) is 17.8. The van der Waals surface area contributed by atoms with Crippen molar-refractivity contribution in [1.29, 1.82) is 0 Å². The van der Waals surface area contributed by atoms with Gasteiger partial charge in [-0.05, 0) is 12.3 Å². The van der Waals surface area contributed by atoms with Crippen LogP contribution in [-0.2, 0) is 12.5 Å². The van der Waals surface area contributed by atoms with E-state index in [0.717, 1.165) is 19.3 Å². The molecule has 8 heteroatoms. The molecular weight excluding hydrogens is 293 g/mol. The third-order valence-corrected chi connectivity index (χ3v) is 3.20. The van der Waals surface area contributed by atoms with Crippen LogP contribution in [0.15, 0.2) is 0 Å². The van der Waals surface area contributed by atoms with Gasteiger partial charge in [0.25, 0.3) is 0 Å². The topological polar surface area (TPSA) is 30.7 Å². The first-order chi connectivity index (χ1) is 9.63. The standard InChI is InChI=1S/C13H20F5N3/c1-4-5-6-7-8-21-10(9(2)3)11(19-20-21)12(14,15)13(16,17)18/h9H,4-8H2,1-3H3. The smallest absolute Gasteiger partial charge is 0.249 e. The molecule has 122 valence electrons. The molecule has 1 aromatic heterocycles. The summed E-state index contributed by atoms with van der Waals surface area (Å²) in [6.07, 6.45) is -2.13. The number of aryl methyl sites for hydroxylation is 1. The Morgan fingerprint density at radius 3 is 2.14 bits per heavy atom. The Morgan fingerprint density at radius 2 is 1.67 bits per heavy atom. The van der Waals surface area contributed by atoms with E-state index in [1.807, 2.05) is 6.92 Å². The van der Waals surface area contributed by atoms with E-state index in [-0.39, 0.29) is 5.69 Å². The molecule has 1 heterocycles. The molecular formula is C13H20F5N3. The second-order valence-electron chi connectivity index (χ2n) is 5.33. The maximum absolute atomic E-state index is 13.5. The van der Waals surface area contributed by atoms with Crippen LogP contribution in [0.25, 0.3) is 0 Å². The molecule has 3 nitrogen and oxygen atoms in total. The van der Waals surface area contributed by atoms with Crippen LogP contribution in [0.1, 0.15) is 63.8 Å². The molecule has 1 rings (SSSR count). The molecule has 0 atom stereocenters. The van der Waals surface area contributed by atoms with Gasteiger partial charge in [-0.15, -0.1) is 5.10 Å². The lowest BCUT2D eigenvalue weighted by Gasteiger charge is -2.20. The van der Waals surface area contributed by atoms with Crippen LogP contribution < -0.4 is 0 Å². The molecule has 0 fully saturated rings. The van der Waals surface area contributed by atoms with Crippen LogP contribution >= 0.6 is 0 Å². The fraction of sp³-hybridized carbons (Fsp3) is 0.846. The van der Waals surface area contributed by atoms with Gasteiger partial charge in [-0.3, -0.25) is 0 Å². The van der Waals surface area contributed by atoms with E-state index >= 15 is 0 Å². The number of nitrogens with zero attached hydrogens (tertiary/aromatic N) is 3. The largest absolute Gasteiger partial charge is 0.459 e. The van der Waals surface area contributed by atoms with Crippen molar-refractivity contribution >= 4 is 0 Å². The number of alkyl halides is 5. The quantitative estimate of drug-likeness (QED) is 0.542. The van der Waals surface area contributed by atoms with Crippen molar-refractivity contribution in [2.24, 2.45) is 0 Å². The van der Waals surface area contributed by atoms with Crippen LogP contribution in [-0.4, -0.2) is 21.2 Å². The fourth-order valence-corrected chi connectivity index (χ4v) is 2.10. The van der Waals surface area contributed by atoms with Crippen molar-refractivity contribution in [1.82, 2.24) is 15.0 Å². The predicted molar refractivity (Wildman–Crippen MR) is 68.2 cm³/mol. The Morgan fingerprint density at radius 1 is 1.05 bits per heavy atom. The minimum absolute atomic E-state index is 0.145.